The first-order valence-electron chi connectivity index (χ1n) is 34.5. The Labute approximate surface area is 633 Å². The summed E-state index contributed by atoms with van der Waals surface area (Å²) in [6.07, 6.45) is 16.3. The lowest BCUT2D eigenvalue weighted by molar-refractivity contribution is -0.0209. The van der Waals surface area contributed by atoms with E-state index < -0.39 is 0 Å². The van der Waals surface area contributed by atoms with E-state index in [9.17, 15) is 0 Å². The highest BCUT2D eigenvalue weighted by Gasteiger charge is 2.53. The van der Waals surface area contributed by atoms with Gasteiger partial charge in [-0.2, -0.15) is 0 Å². The van der Waals surface area contributed by atoms with Crippen LogP contribution in [0.2, 0.25) is 0 Å². The van der Waals surface area contributed by atoms with Gasteiger partial charge in [-0.25, -0.2) is 4.85 Å². The number of pyridine rings is 1. The molecule has 0 bridgehead atoms. The number of ether oxygens (including phenoxy) is 4. The first kappa shape index (κ1) is 72.4. The van der Waals surface area contributed by atoms with E-state index in [1.807, 2.05) is 62.6 Å². The lowest BCUT2D eigenvalue weighted by Gasteiger charge is -2.47. The Hall–Kier alpha value is -7.52. The average molecular weight is 1500 g/mol. The molecule has 5 fully saturated rings. The van der Waals surface area contributed by atoms with Crippen LogP contribution in [0.4, 0.5) is 5.69 Å². The minimum absolute atomic E-state index is 0.0552. The zero-order valence-corrected chi connectivity index (χ0v) is 64.4. The third-order valence-corrected chi connectivity index (χ3v) is 27.9. The van der Waals surface area contributed by atoms with E-state index in [0.29, 0.717) is 32.3 Å². The van der Waals surface area contributed by atoms with E-state index in [1.54, 1.807) is 87.3 Å². The molecule has 17 rings (SSSR count). The lowest BCUT2D eigenvalue weighted by Crippen LogP contribution is -2.54. The van der Waals surface area contributed by atoms with E-state index in [-0.39, 0.29) is 41.1 Å². The zero-order valence-electron chi connectivity index (χ0n) is 58.7. The van der Waals surface area contributed by atoms with Gasteiger partial charge in [0.2, 0.25) is 0 Å². The maximum atomic E-state index is 7.17. The largest absolute Gasteiger partial charge is 0.380 e. The monoisotopic (exact) mass is 1500 g/mol. The number of aliphatic imine (C=N–C) groups is 4. The second kappa shape index (κ2) is 29.8. The zero-order chi connectivity index (χ0) is 71.7. The fourth-order valence-corrected chi connectivity index (χ4v) is 23.2. The number of hydrogen-bond donors (Lipinski definition) is 4. The summed E-state index contributed by atoms with van der Waals surface area (Å²) in [5.74, 6) is 19.4. The third kappa shape index (κ3) is 16.3. The molecule has 5 aromatic heterocycles. The molecule has 15 nitrogen and oxygen atoms in total. The Bertz CT molecular complexity index is 4890. The van der Waals surface area contributed by atoms with E-state index in [0.717, 1.165) is 130 Å². The summed E-state index contributed by atoms with van der Waals surface area (Å²) in [6.45, 7) is 25.7. The fraction of sp³-hybridized carbons (Fsp3) is 0.383. The van der Waals surface area contributed by atoms with Gasteiger partial charge in [-0.15, -0.1) is 45.9 Å². The number of thiophene rings is 3. The van der Waals surface area contributed by atoms with Crippen molar-refractivity contribution in [2.75, 3.05) is 52.9 Å². The van der Waals surface area contributed by atoms with Gasteiger partial charge in [-0.1, -0.05) is 113 Å². The van der Waals surface area contributed by atoms with Crippen LogP contribution in [0.15, 0.2) is 164 Å². The summed E-state index contributed by atoms with van der Waals surface area (Å²) >= 11 is 12.0. The van der Waals surface area contributed by atoms with Crippen molar-refractivity contribution < 1.29 is 18.9 Å². The quantitative estimate of drug-likeness (QED) is 0.0824. The average Bonchev–Trinajstić information content (AvgIpc) is 1.76. The lowest BCUT2D eigenvalue weighted by atomic mass is 9.83. The summed E-state index contributed by atoms with van der Waals surface area (Å²) in [5, 5.41) is 9.25. The summed E-state index contributed by atoms with van der Waals surface area (Å²) in [6, 6.07) is 35.5. The minimum atomic E-state index is -0.335. The SMILES string of the molecule is CC#Cc1cccc(-c2csc(C3(C)CC4(CCCOC4)SC(N)=N3)c2)c1.CC#Cc1cncc(-n2ccc(C3(C)CC4(COC4)SC(N)=N3)c2)c1.CC1(c2cc(-c3cccc(C#CC4CC4)c3)cs2)CC2(COC2)SC(N)=N1.[C-]#[N+]c1cccc(-c2csc(C3(C)CC4(COC4)SC(N)=N3)c2)c1. The number of thioether (sulfide) groups is 4. The molecule has 4 saturated heterocycles. The molecule has 9 aliphatic rings. The van der Waals surface area contributed by atoms with Crippen molar-refractivity contribution in [3.8, 4) is 74.6 Å². The molecule has 8 aromatic rings. The molecule has 8 N–H and O–H groups in total. The Morgan fingerprint density at radius 3 is 1.41 bits per heavy atom. The van der Waals surface area contributed by atoms with Crippen LogP contribution < -0.4 is 22.9 Å². The smallest absolute Gasteiger partial charge is 0.187 e. The van der Waals surface area contributed by atoms with Gasteiger partial charge in [0.25, 0.3) is 0 Å². The standard InChI is InChI=1S/C22H22N2OS2.C22H24N2OS2.C19H20N4OS.C18H17N3OS2/c1-21(12-22(13-25-14-22)27-20(23)24-21)19-10-18(11-26-19)17-4-2-3-16(9-17)8-7-15-5-6-15;1-3-6-16-7-4-8-17(11-16)18-12-19(26-13-18)21(2)14-22(27-20(23)24-21)9-5-10-25-15-22;1-3-4-14-7-16(9-21-8-14)23-6-5-15(10-23)18(2)11-19(12-24-13-19)25-17(20)22-18;1-17(9-18(10-22-11-18)24-16(19)21-17)15-7-13(8-23-15)12-4-3-5-14(6-12)20-2/h2-4,9-11,15H,5-6,12-14H2,1H3,(H2,23,24);4,7-8,11-13H,5,9-10,14-15H2,1-2H3,(H2,23,24);5-10H,11-13H2,1-2H3,(H2,20,22);3-8H,9-11H2,1H3,(H2,19,21). The predicted octanol–water partition coefficient (Wildman–Crippen LogP) is 16.7. The first-order valence-corrected chi connectivity index (χ1v) is 40.5. The molecule has 0 amide bonds. The Morgan fingerprint density at radius 1 is 0.495 bits per heavy atom. The molecular formula is C81H83N11O4S7. The highest BCUT2D eigenvalue weighted by Crippen LogP contribution is 2.55. The normalized spacial score (nSPS) is 25.8. The van der Waals surface area contributed by atoms with E-state index >= 15 is 0 Å². The van der Waals surface area contributed by atoms with Crippen LogP contribution in [0, 0.1) is 48.0 Å². The number of nitrogens with two attached hydrogens (primary N) is 4. The van der Waals surface area contributed by atoms with Gasteiger partial charge in [-0.05, 0) is 209 Å². The van der Waals surface area contributed by atoms with Gasteiger partial charge in [-0.3, -0.25) is 25.0 Å². The highest BCUT2D eigenvalue weighted by molar-refractivity contribution is 8.16. The number of amidine groups is 4. The summed E-state index contributed by atoms with van der Waals surface area (Å²) < 4.78 is 24.5. The van der Waals surface area contributed by atoms with Gasteiger partial charge in [0, 0.05) is 67.2 Å². The van der Waals surface area contributed by atoms with Crippen molar-refractivity contribution in [3.63, 3.8) is 0 Å². The number of hydrogen-bond acceptors (Lipinski definition) is 20. The predicted molar refractivity (Wildman–Crippen MR) is 432 cm³/mol. The van der Waals surface area contributed by atoms with Gasteiger partial charge in [0.15, 0.2) is 26.4 Å². The van der Waals surface area contributed by atoms with Crippen molar-refractivity contribution in [3.05, 3.63) is 192 Å². The fourth-order valence-electron chi connectivity index (χ4n) is 14.7. The molecule has 5 unspecified atom stereocenters. The Morgan fingerprint density at radius 2 is 0.942 bits per heavy atom. The Kier molecular flexibility index (Phi) is 20.9. The van der Waals surface area contributed by atoms with Gasteiger partial charge in [0.05, 0.1) is 101 Å². The highest BCUT2D eigenvalue weighted by atomic mass is 32.2. The molecule has 1 saturated carbocycles. The maximum absolute atomic E-state index is 7.17. The minimum Gasteiger partial charge on any atom is -0.380 e. The van der Waals surface area contributed by atoms with Crippen LogP contribution >= 0.6 is 81.1 Å². The second-order valence-corrected chi connectivity index (χ2v) is 37.5. The topological polar surface area (TPSA) is 213 Å². The second-order valence-electron chi connectivity index (χ2n) is 28.8. The molecule has 5 atom stereocenters. The van der Waals surface area contributed by atoms with Gasteiger partial charge in [0.1, 0.15) is 0 Å². The summed E-state index contributed by atoms with van der Waals surface area (Å²) in [5.41, 5.74) is 36.4. The number of benzene rings is 3. The maximum Gasteiger partial charge on any atom is 0.187 e. The van der Waals surface area contributed by atoms with Crippen LogP contribution in [0.1, 0.15) is 130 Å². The third-order valence-electron chi connectivity index (χ3n) is 19.8. The van der Waals surface area contributed by atoms with Crippen LogP contribution in [0.3, 0.4) is 0 Å². The molecule has 4 spiro atoms. The van der Waals surface area contributed by atoms with Crippen molar-refractivity contribution >= 4 is 107 Å². The van der Waals surface area contributed by atoms with Crippen molar-refractivity contribution in [2.45, 2.75) is 134 Å². The van der Waals surface area contributed by atoms with Crippen molar-refractivity contribution in [1.82, 2.24) is 9.55 Å². The van der Waals surface area contributed by atoms with Crippen LogP contribution in [0.5, 0.6) is 0 Å². The summed E-state index contributed by atoms with van der Waals surface area (Å²) in [4.78, 5) is 30.8. The van der Waals surface area contributed by atoms with Crippen LogP contribution in [-0.2, 0) is 41.1 Å². The van der Waals surface area contributed by atoms with Gasteiger partial charge >= 0.3 is 0 Å². The number of rotatable bonds is 8. The molecule has 528 valence electrons. The molecule has 1 aliphatic carbocycles. The molecule has 13 heterocycles. The van der Waals surface area contributed by atoms with E-state index in [4.69, 9.17) is 68.4 Å². The molecule has 8 aliphatic heterocycles. The molecule has 3 aromatic carbocycles. The molecule has 22 heteroatoms. The number of aromatic nitrogens is 2. The first-order chi connectivity index (χ1) is 49.6. The molecular weight excluding hydrogens is 1420 g/mol. The molecule has 103 heavy (non-hydrogen) atoms. The van der Waals surface area contributed by atoms with Crippen LogP contribution in [-0.4, -0.2) is 102 Å². The Balaban J connectivity index is 0.000000116. The van der Waals surface area contributed by atoms with Crippen molar-refractivity contribution in [1.29, 1.82) is 0 Å². The number of nitrogens with zero attached hydrogens (tertiary/aromatic N) is 7. The van der Waals surface area contributed by atoms with Crippen LogP contribution in [0.25, 0.3) is 43.9 Å². The van der Waals surface area contributed by atoms with Gasteiger partial charge < -0.3 is 46.4 Å². The van der Waals surface area contributed by atoms with E-state index in [1.165, 1.54) is 49.7 Å². The van der Waals surface area contributed by atoms with Crippen molar-refractivity contribution in [2.24, 2.45) is 48.8 Å². The molecule has 0 radical (unpaired) electrons. The van der Waals surface area contributed by atoms with E-state index in [2.05, 4.69) is 167 Å². The summed E-state index contributed by atoms with van der Waals surface area (Å²) in [7, 11) is 0.